The first-order chi connectivity index (χ1) is 29.4. The van der Waals surface area contributed by atoms with Crippen LogP contribution in [0.25, 0.3) is 21.5 Å². The van der Waals surface area contributed by atoms with E-state index in [-0.39, 0.29) is 177 Å². The summed E-state index contributed by atoms with van der Waals surface area (Å²) in [6.07, 6.45) is 0. The van der Waals surface area contributed by atoms with Gasteiger partial charge in [-0.05, 0) is 48.5 Å². The van der Waals surface area contributed by atoms with E-state index >= 15 is 0 Å². The van der Waals surface area contributed by atoms with Crippen LogP contribution >= 0.6 is 0 Å². The molecule has 0 fully saturated rings. The van der Waals surface area contributed by atoms with Gasteiger partial charge >= 0.3 is 148 Å². The third kappa shape index (κ3) is 15.9. The van der Waals surface area contributed by atoms with E-state index in [9.17, 15) is 92.5 Å². The van der Waals surface area contributed by atoms with Crippen LogP contribution in [0.15, 0.2) is 113 Å². The molecular weight excluding hydrogens is 1110 g/mol. The third-order valence-corrected chi connectivity index (χ3v) is 11.8. The van der Waals surface area contributed by atoms with Gasteiger partial charge in [0.05, 0.1) is 52.2 Å². The van der Waals surface area contributed by atoms with Crippen molar-refractivity contribution in [3.05, 3.63) is 93.0 Å². The molecule has 0 radical (unpaired) electrons. The number of nitrogens with zero attached hydrogens (tertiary/aromatic N) is 6. The predicted octanol–water partition coefficient (Wildman–Crippen LogP) is -13.6. The molecule has 0 saturated carbocycles. The largest absolute Gasteiger partial charge is 1.00 e. The molecule has 0 heterocycles. The molecule has 0 amide bonds. The summed E-state index contributed by atoms with van der Waals surface area (Å²) in [7, 11) is -21.3. The molecule has 342 valence electrons. The van der Waals surface area contributed by atoms with Crippen LogP contribution in [0, 0.1) is 20.2 Å². The van der Waals surface area contributed by atoms with Gasteiger partial charge in [-0.25, -0.2) is 33.7 Å². The van der Waals surface area contributed by atoms with Crippen molar-refractivity contribution in [3.63, 3.8) is 0 Å². The summed E-state index contributed by atoms with van der Waals surface area (Å²) < 4.78 is 139. The normalized spacial score (nSPS) is 11.4. The summed E-state index contributed by atoms with van der Waals surface area (Å²) in [4.78, 5) is 15.1. The van der Waals surface area contributed by atoms with Crippen LogP contribution in [0.2, 0.25) is 0 Å². The second-order valence-electron chi connectivity index (χ2n) is 12.3. The topological polar surface area (TPSA) is 509 Å². The summed E-state index contributed by atoms with van der Waals surface area (Å²) in [6, 6.07) is 8.92. The number of non-ortho nitro benzene ring substituents is 2. The Bertz CT molecular complexity index is 3330. The minimum atomic E-state index is -5.46. The molecule has 0 bridgehead atoms. The van der Waals surface area contributed by atoms with E-state index in [0.29, 0.717) is 24.3 Å². The van der Waals surface area contributed by atoms with E-state index in [1.807, 2.05) is 0 Å². The van der Waals surface area contributed by atoms with Crippen molar-refractivity contribution in [3.8, 4) is 23.0 Å². The number of anilines is 2. The van der Waals surface area contributed by atoms with Crippen molar-refractivity contribution in [1.29, 1.82) is 0 Å². The summed E-state index contributed by atoms with van der Waals surface area (Å²) in [5, 5.41) is 81.7. The molecule has 0 aliphatic rings. The van der Waals surface area contributed by atoms with Crippen molar-refractivity contribution in [2.24, 2.45) is 20.5 Å². The van der Waals surface area contributed by atoms with Crippen LogP contribution < -0.4 is 180 Å². The Hall–Kier alpha value is -2.19. The number of fused-ring (bicyclic) bond motifs is 2. The maximum absolute atomic E-state index is 12.8. The number of benzene rings is 6. The Labute approximate surface area is 514 Å². The fourth-order valence-corrected chi connectivity index (χ4v) is 8.09. The Kier molecular flexibility index (Phi) is 26.8. The predicted molar refractivity (Wildman–Crippen MR) is 201 cm³/mol. The zero-order chi connectivity index (χ0) is 48.0. The van der Waals surface area contributed by atoms with E-state index in [4.69, 9.17) is 11.5 Å². The minimum absolute atomic E-state index is 0. The second-order valence-corrected chi connectivity index (χ2v) is 17.7. The van der Waals surface area contributed by atoms with E-state index in [0.717, 1.165) is 48.5 Å². The van der Waals surface area contributed by atoms with Crippen LogP contribution in [0.3, 0.4) is 0 Å². The van der Waals surface area contributed by atoms with Crippen LogP contribution in [-0.4, -0.2) is 61.7 Å². The van der Waals surface area contributed by atoms with Crippen molar-refractivity contribution < 1.29 is 247 Å². The average Bonchev–Trinajstić information content (AvgIpc) is 3.16. The smallest absolute Gasteiger partial charge is 0.871 e. The zero-order valence-electron chi connectivity index (χ0n) is 36.0. The first kappa shape index (κ1) is 69.9. The molecular formula is C32H16CrN8Na5O20S4-3. The quantitative estimate of drug-likeness (QED) is 0.0321. The SMILES string of the molecule is Nc1ccc(S(=O)(=O)[O-])c2cc(S(=O)(=O)[O-])c(N=Nc3ccc([N+](=O)[O-])cc3[O-])c([O-])c12.Nc1ccc(S(=O)(=O)[O-])c2cc(S(=O)(=O)[O-])c(N=Nc3ccc([N+](=O)[O-])cc3[O-])c([O-])c12.[Cr].[Na+].[Na+].[Na+].[Na+].[Na+]. The monoisotopic (exact) mass is 1130 g/mol. The van der Waals surface area contributed by atoms with Gasteiger partial charge < -0.3 is 50.1 Å². The Morgan fingerprint density at radius 1 is 0.429 bits per heavy atom. The van der Waals surface area contributed by atoms with E-state index in [1.165, 1.54) is 0 Å². The molecule has 28 nitrogen and oxygen atoms in total. The Morgan fingerprint density at radius 3 is 0.957 bits per heavy atom. The zero-order valence-corrected chi connectivity index (χ0v) is 50.5. The van der Waals surface area contributed by atoms with E-state index < -0.39 is 149 Å². The van der Waals surface area contributed by atoms with Crippen molar-refractivity contribution in [2.75, 3.05) is 11.5 Å². The average molecular weight is 1130 g/mol. The maximum atomic E-state index is 12.8. The number of nitrogens with two attached hydrogens (primary N) is 2. The standard InChI is InChI=1S/2C16H12N4O10S2.Cr.5Na/c2*17-9-2-4-12(31(25,26)27)8-6-13(32(28,29)30)15(16(22)14(8)9)19-18-10-3-1-7(20(23)24)5-11(10)21;;;;;;/h2*1-6,21-22H,17H2,(H,25,26,27)(H,28,29,30);;;;;;/q;;;5*+1/p-8. The van der Waals surface area contributed by atoms with Crippen LogP contribution in [-0.2, 0) is 57.8 Å². The van der Waals surface area contributed by atoms with Gasteiger partial charge in [-0.15, -0.1) is 10.2 Å². The van der Waals surface area contributed by atoms with Gasteiger partial charge in [-0.3, -0.25) is 20.2 Å². The van der Waals surface area contributed by atoms with E-state index in [1.54, 1.807) is 0 Å². The van der Waals surface area contributed by atoms with Crippen molar-refractivity contribution in [2.45, 2.75) is 19.6 Å². The maximum Gasteiger partial charge on any atom is 1.00 e. The van der Waals surface area contributed by atoms with Crippen molar-refractivity contribution in [1.82, 2.24) is 0 Å². The number of nitro benzene ring substituents is 2. The second kappa shape index (κ2) is 26.9. The Balaban J connectivity index is 0. The molecule has 6 rings (SSSR count). The summed E-state index contributed by atoms with van der Waals surface area (Å²) >= 11 is 0. The van der Waals surface area contributed by atoms with Gasteiger partial charge in [0.15, 0.2) is 0 Å². The van der Waals surface area contributed by atoms with Gasteiger partial charge in [-0.1, -0.05) is 23.0 Å². The third-order valence-electron chi connectivity index (χ3n) is 8.28. The fourth-order valence-electron chi connectivity index (χ4n) is 5.50. The summed E-state index contributed by atoms with van der Waals surface area (Å²) in [5.41, 5.74) is 6.22. The van der Waals surface area contributed by atoms with Crippen LogP contribution in [0.5, 0.6) is 23.0 Å². The van der Waals surface area contributed by atoms with Crippen LogP contribution in [0.4, 0.5) is 45.5 Å². The molecule has 70 heavy (non-hydrogen) atoms. The molecule has 0 aromatic heterocycles. The van der Waals surface area contributed by atoms with E-state index in [2.05, 4.69) is 20.5 Å². The number of rotatable bonds is 10. The van der Waals surface area contributed by atoms with Crippen molar-refractivity contribution >= 4 is 108 Å². The number of azo groups is 2. The first-order valence-corrected chi connectivity index (χ1v) is 21.8. The Morgan fingerprint density at radius 2 is 0.714 bits per heavy atom. The molecule has 0 saturated heterocycles. The van der Waals surface area contributed by atoms with Gasteiger partial charge in [0.25, 0.3) is 11.4 Å². The molecule has 0 aliphatic carbocycles. The van der Waals surface area contributed by atoms with Gasteiger partial charge in [0.1, 0.15) is 40.5 Å². The molecule has 4 N–H and O–H groups in total. The van der Waals surface area contributed by atoms with Gasteiger partial charge in [0, 0.05) is 74.5 Å². The van der Waals surface area contributed by atoms with Gasteiger partial charge in [0.2, 0.25) is 0 Å². The first-order valence-electron chi connectivity index (χ1n) is 16.1. The number of nitrogen functional groups attached to an aromatic ring is 2. The fraction of sp³-hybridized carbons (Fsp3) is 0. The number of nitro groups is 2. The van der Waals surface area contributed by atoms with Crippen LogP contribution in [0.1, 0.15) is 0 Å². The molecule has 38 heteroatoms. The number of hydrogen-bond acceptors (Lipinski definition) is 26. The molecule has 0 unspecified atom stereocenters. The molecule has 0 aliphatic heterocycles. The molecule has 6 aromatic rings. The molecule has 6 aromatic carbocycles. The molecule has 0 atom stereocenters. The van der Waals surface area contributed by atoms with Gasteiger partial charge in [-0.2, -0.15) is 10.2 Å². The number of hydrogen-bond donors (Lipinski definition) is 2. The molecule has 0 spiro atoms. The summed E-state index contributed by atoms with van der Waals surface area (Å²) in [6.45, 7) is 0. The summed E-state index contributed by atoms with van der Waals surface area (Å²) in [5.74, 6) is -4.69. The minimum Gasteiger partial charge on any atom is -0.871 e.